The highest BCUT2D eigenvalue weighted by molar-refractivity contribution is 6.12. The van der Waals surface area contributed by atoms with Crippen LogP contribution in [0.25, 0.3) is 0 Å². The molecule has 5 nitrogen and oxygen atoms in total. The van der Waals surface area contributed by atoms with Gasteiger partial charge in [0.25, 0.3) is 0 Å². The third-order valence-electron chi connectivity index (χ3n) is 3.75. The van der Waals surface area contributed by atoms with Crippen LogP contribution in [-0.4, -0.2) is 30.1 Å². The van der Waals surface area contributed by atoms with Crippen molar-refractivity contribution >= 4 is 17.6 Å². The van der Waals surface area contributed by atoms with Crippen molar-refractivity contribution in [1.82, 2.24) is 0 Å². The van der Waals surface area contributed by atoms with Gasteiger partial charge in [-0.1, -0.05) is 12.1 Å². The molecule has 1 heterocycles. The number of hydrogen-bond acceptors (Lipinski definition) is 3. The minimum Gasteiger partial charge on any atom is -0.491 e. The Morgan fingerprint density at radius 2 is 2.00 bits per heavy atom. The van der Waals surface area contributed by atoms with Gasteiger partial charge in [-0.15, -0.1) is 0 Å². The summed E-state index contributed by atoms with van der Waals surface area (Å²) in [7, 11) is 0. The Kier molecular flexibility index (Phi) is 2.69. The average molecular weight is 261 g/mol. The van der Waals surface area contributed by atoms with Crippen LogP contribution in [0, 0.1) is 5.41 Å². The smallest absolute Gasteiger partial charge is 0.319 e. The lowest BCUT2D eigenvalue weighted by Gasteiger charge is -2.24. The molecule has 0 radical (unpaired) electrons. The van der Waals surface area contributed by atoms with Crippen molar-refractivity contribution in [2.24, 2.45) is 5.41 Å². The molecule has 1 N–H and O–H groups in total. The summed E-state index contributed by atoms with van der Waals surface area (Å²) in [5.41, 5.74) is -0.519. The standard InChI is InChI=1S/C14H15NO4/c16-12(14(6-7-14)13(17)18)15-8-3-9-19-11-5-2-1-4-10(11)15/h1-2,4-5H,3,6-9H2,(H,17,18). The fraction of sp³-hybridized carbons (Fsp3) is 0.429. The van der Waals surface area contributed by atoms with Gasteiger partial charge >= 0.3 is 5.97 Å². The Labute approximate surface area is 110 Å². The summed E-state index contributed by atoms with van der Waals surface area (Å²) in [5, 5.41) is 9.24. The monoisotopic (exact) mass is 261 g/mol. The zero-order valence-corrected chi connectivity index (χ0v) is 10.5. The number of carbonyl (C=O) groups is 2. The third kappa shape index (κ3) is 1.85. The largest absolute Gasteiger partial charge is 0.491 e. The van der Waals surface area contributed by atoms with E-state index in [-0.39, 0.29) is 5.91 Å². The Morgan fingerprint density at radius 3 is 2.68 bits per heavy atom. The highest BCUT2D eigenvalue weighted by atomic mass is 16.5. The number of carbonyl (C=O) groups excluding carboxylic acids is 1. The molecule has 3 rings (SSSR count). The van der Waals surface area contributed by atoms with E-state index >= 15 is 0 Å². The maximum atomic E-state index is 12.5. The van der Waals surface area contributed by atoms with Crippen LogP contribution >= 0.6 is 0 Å². The number of carboxylic acids is 1. The van der Waals surface area contributed by atoms with Crippen LogP contribution in [0.1, 0.15) is 19.3 Å². The van der Waals surface area contributed by atoms with E-state index in [4.69, 9.17) is 4.74 Å². The number of nitrogens with zero attached hydrogens (tertiary/aromatic N) is 1. The molecule has 0 unspecified atom stereocenters. The summed E-state index contributed by atoms with van der Waals surface area (Å²) in [6.45, 7) is 1.05. The summed E-state index contributed by atoms with van der Waals surface area (Å²) in [6.07, 6.45) is 1.57. The lowest BCUT2D eigenvalue weighted by molar-refractivity contribution is -0.148. The SMILES string of the molecule is O=C(O)C1(C(=O)N2CCCOc3ccccc32)CC1. The Hall–Kier alpha value is -2.04. The maximum absolute atomic E-state index is 12.5. The van der Waals surface area contributed by atoms with E-state index in [9.17, 15) is 14.7 Å². The normalized spacial score (nSPS) is 19.9. The van der Waals surface area contributed by atoms with Gasteiger partial charge in [0.05, 0.1) is 12.3 Å². The minimum atomic E-state index is -1.20. The molecule has 0 aromatic heterocycles. The Bertz CT molecular complexity index is 536. The first kappa shape index (κ1) is 12.0. The van der Waals surface area contributed by atoms with Crippen molar-refractivity contribution in [3.63, 3.8) is 0 Å². The van der Waals surface area contributed by atoms with Gasteiger partial charge in [0.2, 0.25) is 5.91 Å². The summed E-state index contributed by atoms with van der Waals surface area (Å²) in [5.74, 6) is -0.673. The summed E-state index contributed by atoms with van der Waals surface area (Å²) >= 11 is 0. The molecule has 1 aromatic carbocycles. The first-order valence-electron chi connectivity index (χ1n) is 6.42. The highest BCUT2D eigenvalue weighted by Gasteiger charge is 2.59. The van der Waals surface area contributed by atoms with Crippen molar-refractivity contribution in [2.45, 2.75) is 19.3 Å². The van der Waals surface area contributed by atoms with E-state index in [0.717, 1.165) is 0 Å². The number of carboxylic acid groups (broad SMARTS) is 1. The van der Waals surface area contributed by atoms with Gasteiger partial charge in [-0.2, -0.15) is 0 Å². The predicted molar refractivity (Wildman–Crippen MR) is 68.2 cm³/mol. The molecule has 2 aliphatic rings. The van der Waals surface area contributed by atoms with Gasteiger partial charge in [-0.05, 0) is 31.4 Å². The molecule has 19 heavy (non-hydrogen) atoms. The summed E-state index contributed by atoms with van der Waals surface area (Å²) in [6, 6.07) is 7.28. The number of para-hydroxylation sites is 2. The van der Waals surface area contributed by atoms with Crippen molar-refractivity contribution < 1.29 is 19.4 Å². The number of ether oxygens (including phenoxy) is 1. The average Bonchev–Trinajstić information content (AvgIpc) is 3.22. The second-order valence-electron chi connectivity index (χ2n) is 5.01. The summed E-state index contributed by atoms with van der Waals surface area (Å²) in [4.78, 5) is 25.4. The van der Waals surface area contributed by atoms with Gasteiger partial charge in [0, 0.05) is 6.54 Å². The molecule has 1 aliphatic heterocycles. The molecule has 1 saturated carbocycles. The molecule has 0 atom stereocenters. The van der Waals surface area contributed by atoms with Crippen molar-refractivity contribution in [3.05, 3.63) is 24.3 Å². The molecular formula is C14H15NO4. The highest BCUT2D eigenvalue weighted by Crippen LogP contribution is 2.49. The number of benzene rings is 1. The second-order valence-corrected chi connectivity index (χ2v) is 5.01. The Morgan fingerprint density at radius 1 is 1.26 bits per heavy atom. The molecule has 5 heteroatoms. The van der Waals surface area contributed by atoms with Crippen LogP contribution in [0.4, 0.5) is 5.69 Å². The molecular weight excluding hydrogens is 246 g/mol. The Balaban J connectivity index is 1.97. The number of aliphatic carboxylic acids is 1. The lowest BCUT2D eigenvalue weighted by Crippen LogP contribution is -2.41. The fourth-order valence-electron chi connectivity index (χ4n) is 2.44. The van der Waals surface area contributed by atoms with E-state index in [1.165, 1.54) is 0 Å². The van der Waals surface area contributed by atoms with Crippen LogP contribution in [0.15, 0.2) is 24.3 Å². The topological polar surface area (TPSA) is 66.8 Å². The van der Waals surface area contributed by atoms with Crippen molar-refractivity contribution in [2.75, 3.05) is 18.1 Å². The van der Waals surface area contributed by atoms with E-state index in [0.29, 0.717) is 43.9 Å². The maximum Gasteiger partial charge on any atom is 0.319 e. The van der Waals surface area contributed by atoms with Crippen LogP contribution < -0.4 is 9.64 Å². The van der Waals surface area contributed by atoms with Crippen LogP contribution in [0.2, 0.25) is 0 Å². The lowest BCUT2D eigenvalue weighted by atomic mass is 10.0. The van der Waals surface area contributed by atoms with E-state index < -0.39 is 11.4 Å². The van der Waals surface area contributed by atoms with E-state index in [1.54, 1.807) is 17.0 Å². The molecule has 0 spiro atoms. The molecule has 1 aliphatic carbocycles. The third-order valence-corrected chi connectivity index (χ3v) is 3.75. The van der Waals surface area contributed by atoms with Gasteiger partial charge in [0.15, 0.2) is 0 Å². The molecule has 0 saturated heterocycles. The molecule has 100 valence electrons. The summed E-state index contributed by atoms with van der Waals surface area (Å²) < 4.78 is 5.58. The van der Waals surface area contributed by atoms with E-state index in [1.807, 2.05) is 12.1 Å². The molecule has 0 bridgehead atoms. The minimum absolute atomic E-state index is 0.307. The van der Waals surface area contributed by atoms with Gasteiger partial charge in [-0.3, -0.25) is 9.59 Å². The first-order chi connectivity index (χ1) is 9.15. The first-order valence-corrected chi connectivity index (χ1v) is 6.42. The zero-order chi connectivity index (χ0) is 13.5. The van der Waals surface area contributed by atoms with Crippen LogP contribution in [0.5, 0.6) is 5.75 Å². The van der Waals surface area contributed by atoms with Crippen molar-refractivity contribution in [1.29, 1.82) is 0 Å². The second kappa shape index (κ2) is 4.26. The zero-order valence-electron chi connectivity index (χ0n) is 10.5. The molecule has 1 aromatic rings. The number of rotatable bonds is 2. The van der Waals surface area contributed by atoms with Gasteiger partial charge < -0.3 is 14.7 Å². The predicted octanol–water partition coefficient (Wildman–Crippen LogP) is 1.67. The number of hydrogen-bond donors (Lipinski definition) is 1. The van der Waals surface area contributed by atoms with Gasteiger partial charge in [0.1, 0.15) is 11.2 Å². The van der Waals surface area contributed by atoms with Gasteiger partial charge in [-0.25, -0.2) is 0 Å². The van der Waals surface area contributed by atoms with Crippen LogP contribution in [-0.2, 0) is 9.59 Å². The molecule has 1 fully saturated rings. The fourth-order valence-corrected chi connectivity index (χ4v) is 2.44. The molecule has 1 amide bonds. The van der Waals surface area contributed by atoms with Crippen LogP contribution in [0.3, 0.4) is 0 Å². The number of fused-ring (bicyclic) bond motifs is 1. The number of anilines is 1. The van der Waals surface area contributed by atoms with E-state index in [2.05, 4.69) is 0 Å². The quantitative estimate of drug-likeness (QED) is 0.822. The number of amides is 1. The van der Waals surface area contributed by atoms with Crippen molar-refractivity contribution in [3.8, 4) is 5.75 Å².